The Kier molecular flexibility index (Phi) is 3.59. The van der Waals surface area contributed by atoms with Crippen LogP contribution in [0.25, 0.3) is 0 Å². The second-order valence-electron chi connectivity index (χ2n) is 6.26. The van der Waals surface area contributed by atoms with Gasteiger partial charge in [0.05, 0.1) is 6.54 Å². The Labute approximate surface area is 94.0 Å². The first-order valence-electron chi connectivity index (χ1n) is 6.01. The Morgan fingerprint density at radius 1 is 1.33 bits per heavy atom. The predicted octanol–water partition coefficient (Wildman–Crippen LogP) is 2.58. The molecule has 0 aromatic heterocycles. The predicted molar refractivity (Wildman–Crippen MR) is 63.8 cm³/mol. The number of nitrogens with zero attached hydrogens (tertiary/aromatic N) is 1. The molecule has 0 amide bonds. The molecular formula is C13H25NO. The molecule has 1 fully saturated rings. The normalized spacial score (nSPS) is 29.9. The Morgan fingerprint density at radius 3 is 2.20 bits per heavy atom. The van der Waals surface area contributed by atoms with Crippen molar-refractivity contribution in [1.29, 1.82) is 0 Å². The smallest absolute Gasteiger partial charge is 0.150 e. The van der Waals surface area contributed by atoms with Crippen LogP contribution in [0.3, 0.4) is 0 Å². The van der Waals surface area contributed by atoms with Gasteiger partial charge in [-0.15, -0.1) is 0 Å². The topological polar surface area (TPSA) is 20.3 Å². The lowest BCUT2D eigenvalue weighted by Crippen LogP contribution is -2.54. The SMILES string of the molecule is CC(C)[C@H]1C(=O)CN(C(C)(C)C)C[C@@H]1C. The van der Waals surface area contributed by atoms with Crippen LogP contribution in [0, 0.1) is 17.8 Å². The number of piperidine rings is 1. The van der Waals surface area contributed by atoms with Crippen molar-refractivity contribution in [2.45, 2.75) is 47.1 Å². The average Bonchev–Trinajstić information content (AvgIpc) is 1.99. The van der Waals surface area contributed by atoms with E-state index < -0.39 is 0 Å². The summed E-state index contributed by atoms with van der Waals surface area (Å²) in [5.74, 6) is 1.67. The van der Waals surface area contributed by atoms with Gasteiger partial charge in [-0.25, -0.2) is 0 Å². The van der Waals surface area contributed by atoms with Gasteiger partial charge in [0.15, 0.2) is 0 Å². The molecule has 15 heavy (non-hydrogen) atoms. The van der Waals surface area contributed by atoms with Crippen LogP contribution < -0.4 is 0 Å². The van der Waals surface area contributed by atoms with Crippen molar-refractivity contribution in [2.24, 2.45) is 17.8 Å². The van der Waals surface area contributed by atoms with E-state index in [0.717, 1.165) is 6.54 Å². The zero-order valence-corrected chi connectivity index (χ0v) is 11.0. The largest absolute Gasteiger partial charge is 0.298 e. The van der Waals surface area contributed by atoms with Crippen molar-refractivity contribution >= 4 is 5.78 Å². The molecule has 0 aromatic rings. The van der Waals surface area contributed by atoms with E-state index in [9.17, 15) is 4.79 Å². The monoisotopic (exact) mass is 211 g/mol. The van der Waals surface area contributed by atoms with E-state index >= 15 is 0 Å². The van der Waals surface area contributed by atoms with Gasteiger partial charge >= 0.3 is 0 Å². The third-order valence-corrected chi connectivity index (χ3v) is 3.51. The molecule has 0 unspecified atom stereocenters. The Balaban J connectivity index is 2.76. The van der Waals surface area contributed by atoms with Crippen molar-refractivity contribution in [2.75, 3.05) is 13.1 Å². The van der Waals surface area contributed by atoms with Gasteiger partial charge in [0.25, 0.3) is 0 Å². The quantitative estimate of drug-likeness (QED) is 0.664. The number of hydrogen-bond donors (Lipinski definition) is 0. The van der Waals surface area contributed by atoms with Gasteiger partial charge in [0.2, 0.25) is 0 Å². The Bertz CT molecular complexity index is 239. The van der Waals surface area contributed by atoms with Gasteiger partial charge in [-0.1, -0.05) is 20.8 Å². The van der Waals surface area contributed by atoms with E-state index in [0.29, 0.717) is 24.2 Å². The molecule has 0 radical (unpaired) electrons. The zero-order valence-electron chi connectivity index (χ0n) is 11.0. The molecule has 1 aliphatic heterocycles. The Morgan fingerprint density at radius 2 is 1.87 bits per heavy atom. The summed E-state index contributed by atoms with van der Waals surface area (Å²) in [6.07, 6.45) is 0. The standard InChI is InChI=1S/C13H25NO/c1-9(2)12-10(3)7-14(8-11(12)15)13(4,5)6/h9-10,12H,7-8H2,1-6H3/t10-,12+/m0/s1. The molecule has 0 saturated carbocycles. The molecule has 2 nitrogen and oxygen atoms in total. The molecule has 2 atom stereocenters. The van der Waals surface area contributed by atoms with E-state index in [1.807, 2.05) is 0 Å². The van der Waals surface area contributed by atoms with Gasteiger partial charge < -0.3 is 0 Å². The number of likely N-dealkylation sites (tertiary alicyclic amines) is 1. The third-order valence-electron chi connectivity index (χ3n) is 3.51. The van der Waals surface area contributed by atoms with Crippen molar-refractivity contribution < 1.29 is 4.79 Å². The third kappa shape index (κ3) is 2.81. The highest BCUT2D eigenvalue weighted by Gasteiger charge is 2.38. The van der Waals surface area contributed by atoms with Crippen LogP contribution in [-0.2, 0) is 4.79 Å². The molecule has 0 N–H and O–H groups in total. The summed E-state index contributed by atoms with van der Waals surface area (Å²) in [5.41, 5.74) is 0.117. The van der Waals surface area contributed by atoms with E-state index in [2.05, 4.69) is 46.4 Å². The van der Waals surface area contributed by atoms with Gasteiger partial charge in [-0.3, -0.25) is 9.69 Å². The van der Waals surface area contributed by atoms with Gasteiger partial charge in [0.1, 0.15) is 5.78 Å². The van der Waals surface area contributed by atoms with Crippen molar-refractivity contribution in [1.82, 2.24) is 4.90 Å². The van der Waals surface area contributed by atoms with Crippen molar-refractivity contribution in [3.8, 4) is 0 Å². The molecule has 0 aromatic carbocycles. The van der Waals surface area contributed by atoms with Gasteiger partial charge in [-0.05, 0) is 32.6 Å². The summed E-state index contributed by atoms with van der Waals surface area (Å²) in [6, 6.07) is 0. The highest BCUT2D eigenvalue weighted by atomic mass is 16.1. The van der Waals surface area contributed by atoms with Gasteiger partial charge in [0, 0.05) is 18.0 Å². The number of ketones is 1. The molecule has 1 saturated heterocycles. The summed E-state index contributed by atoms with van der Waals surface area (Å²) in [5, 5.41) is 0. The van der Waals surface area contributed by atoms with Crippen LogP contribution in [0.4, 0.5) is 0 Å². The lowest BCUT2D eigenvalue weighted by Gasteiger charge is -2.44. The fraction of sp³-hybridized carbons (Fsp3) is 0.923. The lowest BCUT2D eigenvalue weighted by atomic mass is 9.77. The van der Waals surface area contributed by atoms with Crippen LogP contribution >= 0.6 is 0 Å². The summed E-state index contributed by atoms with van der Waals surface area (Å²) in [6.45, 7) is 14.8. The molecule has 1 rings (SSSR count). The minimum Gasteiger partial charge on any atom is -0.298 e. The summed E-state index contributed by atoms with van der Waals surface area (Å²) in [4.78, 5) is 14.4. The maximum absolute atomic E-state index is 12.1. The first kappa shape index (κ1) is 12.7. The summed E-state index contributed by atoms with van der Waals surface area (Å²) < 4.78 is 0. The number of hydrogen-bond acceptors (Lipinski definition) is 2. The Hall–Kier alpha value is -0.370. The average molecular weight is 211 g/mol. The van der Waals surface area contributed by atoms with Crippen LogP contribution in [0.15, 0.2) is 0 Å². The second kappa shape index (κ2) is 4.25. The number of carbonyl (C=O) groups excluding carboxylic acids is 1. The highest BCUT2D eigenvalue weighted by molar-refractivity contribution is 5.84. The lowest BCUT2D eigenvalue weighted by molar-refractivity contribution is -0.133. The van der Waals surface area contributed by atoms with Crippen LogP contribution in [-0.4, -0.2) is 29.3 Å². The number of carbonyl (C=O) groups is 1. The van der Waals surface area contributed by atoms with E-state index in [1.54, 1.807) is 0 Å². The van der Waals surface area contributed by atoms with Gasteiger partial charge in [-0.2, -0.15) is 0 Å². The first-order valence-corrected chi connectivity index (χ1v) is 6.01. The maximum Gasteiger partial charge on any atom is 0.150 e. The molecule has 0 bridgehead atoms. The fourth-order valence-electron chi connectivity index (χ4n) is 2.68. The molecule has 0 aliphatic carbocycles. The molecule has 1 heterocycles. The zero-order chi connectivity index (χ0) is 11.8. The minimum atomic E-state index is 0.117. The number of Topliss-reactive ketones (excluding diaryl/α,β-unsaturated/α-hetero) is 1. The number of rotatable bonds is 1. The first-order chi connectivity index (χ1) is 6.73. The molecule has 2 heteroatoms. The molecule has 1 aliphatic rings. The van der Waals surface area contributed by atoms with Crippen molar-refractivity contribution in [3.05, 3.63) is 0 Å². The minimum absolute atomic E-state index is 0.117. The highest BCUT2D eigenvalue weighted by Crippen LogP contribution is 2.30. The maximum atomic E-state index is 12.1. The second-order valence-corrected chi connectivity index (χ2v) is 6.26. The van der Waals surface area contributed by atoms with Crippen molar-refractivity contribution in [3.63, 3.8) is 0 Å². The van der Waals surface area contributed by atoms with Crippen LogP contribution in [0.1, 0.15) is 41.5 Å². The molecular weight excluding hydrogens is 186 g/mol. The molecule has 88 valence electrons. The molecule has 0 spiro atoms. The summed E-state index contributed by atoms with van der Waals surface area (Å²) in [7, 11) is 0. The summed E-state index contributed by atoms with van der Waals surface area (Å²) >= 11 is 0. The fourth-order valence-corrected chi connectivity index (χ4v) is 2.68. The van der Waals surface area contributed by atoms with Crippen LogP contribution in [0.2, 0.25) is 0 Å². The van der Waals surface area contributed by atoms with E-state index in [1.165, 1.54) is 0 Å². The van der Waals surface area contributed by atoms with E-state index in [-0.39, 0.29) is 11.5 Å². The van der Waals surface area contributed by atoms with Crippen LogP contribution in [0.5, 0.6) is 0 Å². The van der Waals surface area contributed by atoms with E-state index in [4.69, 9.17) is 0 Å².